The maximum Gasteiger partial charge on any atom is 0.144 e. The molecule has 0 aliphatic rings. The molecule has 112 valence electrons. The molecular weight excluding hydrogens is 252 g/mol. The summed E-state index contributed by atoms with van der Waals surface area (Å²) in [7, 11) is 0. The van der Waals surface area contributed by atoms with Crippen LogP contribution in [-0.4, -0.2) is 22.6 Å². The minimum absolute atomic E-state index is 0.243. The molecule has 0 aliphatic heterocycles. The number of nitrogens with zero attached hydrogens (tertiary/aromatic N) is 2. The van der Waals surface area contributed by atoms with Gasteiger partial charge < -0.3 is 16.3 Å². The average Bonchev–Trinajstić information content (AvgIpc) is 2.41. The Bertz CT molecular complexity index is 443. The molecule has 1 aromatic rings. The number of rotatable bonds is 8. The number of hydrogen-bond donors (Lipinski definition) is 3. The molecular formula is C15H26N4O. The van der Waals surface area contributed by atoms with Crippen LogP contribution in [0.5, 0.6) is 0 Å². The van der Waals surface area contributed by atoms with Crippen LogP contribution >= 0.6 is 0 Å². The number of nitrogens with two attached hydrogens (primary N) is 1. The van der Waals surface area contributed by atoms with E-state index in [0.29, 0.717) is 5.84 Å². The second-order valence-electron chi connectivity index (χ2n) is 5.77. The van der Waals surface area contributed by atoms with Crippen molar-refractivity contribution in [2.24, 2.45) is 16.3 Å². The number of pyridine rings is 1. The number of amidine groups is 1. The molecule has 1 aromatic heterocycles. The first kappa shape index (κ1) is 16.4. The Morgan fingerprint density at radius 2 is 2.15 bits per heavy atom. The number of oxime groups is 1. The van der Waals surface area contributed by atoms with Gasteiger partial charge in [-0.25, -0.2) is 0 Å². The quantitative estimate of drug-likeness (QED) is 0.224. The molecule has 0 saturated carbocycles. The van der Waals surface area contributed by atoms with E-state index in [4.69, 9.17) is 10.9 Å². The smallest absolute Gasteiger partial charge is 0.144 e. The average molecular weight is 278 g/mol. The first-order valence-electron chi connectivity index (χ1n) is 7.07. The first-order valence-corrected chi connectivity index (χ1v) is 7.07. The van der Waals surface area contributed by atoms with Crippen molar-refractivity contribution in [3.63, 3.8) is 0 Å². The van der Waals surface area contributed by atoms with Crippen LogP contribution in [0.1, 0.15) is 44.5 Å². The lowest BCUT2D eigenvalue weighted by atomic mass is 9.86. The van der Waals surface area contributed by atoms with Crippen LogP contribution in [0.3, 0.4) is 0 Å². The minimum atomic E-state index is -0.243. The van der Waals surface area contributed by atoms with E-state index < -0.39 is 0 Å². The summed E-state index contributed by atoms with van der Waals surface area (Å²) in [6.07, 6.45) is 3.01. The van der Waals surface area contributed by atoms with Crippen LogP contribution in [0, 0.1) is 12.3 Å². The molecule has 0 radical (unpaired) electrons. The Morgan fingerprint density at radius 3 is 2.80 bits per heavy atom. The molecule has 5 heteroatoms. The van der Waals surface area contributed by atoms with E-state index in [-0.39, 0.29) is 5.41 Å². The fourth-order valence-electron chi connectivity index (χ4n) is 1.99. The van der Waals surface area contributed by atoms with Gasteiger partial charge in [0.1, 0.15) is 5.84 Å². The Kier molecular flexibility index (Phi) is 6.45. The largest absolute Gasteiger partial charge is 0.409 e. The summed E-state index contributed by atoms with van der Waals surface area (Å²) in [5.41, 5.74) is 7.53. The zero-order chi connectivity index (χ0) is 15.0. The van der Waals surface area contributed by atoms with E-state index in [9.17, 15) is 0 Å². The van der Waals surface area contributed by atoms with Gasteiger partial charge in [0.2, 0.25) is 0 Å². The number of hydrogen-bond acceptors (Lipinski definition) is 4. The highest BCUT2D eigenvalue weighted by atomic mass is 16.4. The summed E-state index contributed by atoms with van der Waals surface area (Å²) in [4.78, 5) is 4.44. The van der Waals surface area contributed by atoms with Gasteiger partial charge in [-0.15, -0.1) is 0 Å². The molecule has 1 heterocycles. The van der Waals surface area contributed by atoms with Crippen LogP contribution in [0.2, 0.25) is 0 Å². The van der Waals surface area contributed by atoms with E-state index in [1.807, 2.05) is 39.0 Å². The van der Waals surface area contributed by atoms with E-state index in [0.717, 1.165) is 43.7 Å². The third-order valence-electron chi connectivity index (χ3n) is 3.46. The van der Waals surface area contributed by atoms with Crippen molar-refractivity contribution >= 4 is 5.84 Å². The van der Waals surface area contributed by atoms with Gasteiger partial charge >= 0.3 is 0 Å². The van der Waals surface area contributed by atoms with Crippen LogP contribution < -0.4 is 11.1 Å². The summed E-state index contributed by atoms with van der Waals surface area (Å²) < 4.78 is 0. The molecule has 0 fully saturated rings. The summed E-state index contributed by atoms with van der Waals surface area (Å²) in [5, 5.41) is 15.2. The van der Waals surface area contributed by atoms with Crippen molar-refractivity contribution in [2.45, 2.75) is 46.6 Å². The molecule has 5 nitrogen and oxygen atoms in total. The molecule has 0 amide bonds. The second kappa shape index (κ2) is 7.85. The zero-order valence-electron chi connectivity index (χ0n) is 12.7. The number of nitrogens with one attached hydrogen (secondary N) is 1. The molecule has 20 heavy (non-hydrogen) atoms. The van der Waals surface area contributed by atoms with Crippen molar-refractivity contribution < 1.29 is 5.21 Å². The summed E-state index contributed by atoms with van der Waals surface area (Å²) in [6, 6.07) is 6.05. The predicted octanol–water partition coefficient (Wildman–Crippen LogP) is 2.42. The van der Waals surface area contributed by atoms with Crippen molar-refractivity contribution in [3.05, 3.63) is 29.6 Å². The monoisotopic (exact) mass is 278 g/mol. The molecule has 0 aliphatic carbocycles. The Balaban J connectivity index is 2.17. The predicted molar refractivity (Wildman–Crippen MR) is 81.7 cm³/mol. The van der Waals surface area contributed by atoms with Crippen LogP contribution in [0.25, 0.3) is 0 Å². The maximum atomic E-state index is 8.70. The zero-order valence-corrected chi connectivity index (χ0v) is 12.7. The van der Waals surface area contributed by atoms with Gasteiger partial charge in [0.25, 0.3) is 0 Å². The third-order valence-corrected chi connectivity index (χ3v) is 3.46. The fraction of sp³-hybridized carbons (Fsp3) is 0.600. The van der Waals surface area contributed by atoms with Gasteiger partial charge in [-0.3, -0.25) is 4.98 Å². The van der Waals surface area contributed by atoms with Crippen molar-refractivity contribution in [2.75, 3.05) is 6.54 Å². The molecule has 0 bridgehead atoms. The molecule has 0 saturated heterocycles. The standard InChI is InChI=1S/C15H26N4O/c1-12-7-6-8-13(18-12)11-17-10-5-4-9-15(2,3)14(16)19-20/h6-8,17,20H,4-5,9-11H2,1-3H3,(H2,16,19). The minimum Gasteiger partial charge on any atom is -0.409 e. The molecule has 1 rings (SSSR count). The molecule has 0 unspecified atom stereocenters. The summed E-state index contributed by atoms with van der Waals surface area (Å²) in [6.45, 7) is 7.73. The fourth-order valence-corrected chi connectivity index (χ4v) is 1.99. The Hall–Kier alpha value is -1.62. The lowest BCUT2D eigenvalue weighted by Gasteiger charge is -2.22. The number of unbranched alkanes of at least 4 members (excludes halogenated alkanes) is 1. The van der Waals surface area contributed by atoms with E-state index >= 15 is 0 Å². The lowest BCUT2D eigenvalue weighted by Crippen LogP contribution is -2.32. The highest BCUT2D eigenvalue weighted by molar-refractivity contribution is 5.85. The maximum absolute atomic E-state index is 8.70. The van der Waals surface area contributed by atoms with Crippen LogP contribution in [0.15, 0.2) is 23.4 Å². The van der Waals surface area contributed by atoms with Gasteiger partial charge in [-0.05, 0) is 38.4 Å². The van der Waals surface area contributed by atoms with Crippen LogP contribution in [-0.2, 0) is 6.54 Å². The SMILES string of the molecule is Cc1cccc(CNCCCCC(C)(C)/C(N)=N/O)n1. The van der Waals surface area contributed by atoms with Crippen molar-refractivity contribution in [1.82, 2.24) is 10.3 Å². The molecule has 0 spiro atoms. The van der Waals surface area contributed by atoms with Gasteiger partial charge in [0.05, 0.1) is 5.69 Å². The Labute approximate surface area is 121 Å². The lowest BCUT2D eigenvalue weighted by molar-refractivity contribution is 0.304. The summed E-state index contributed by atoms with van der Waals surface area (Å²) >= 11 is 0. The number of aryl methyl sites for hydroxylation is 1. The summed E-state index contributed by atoms with van der Waals surface area (Å²) in [5.74, 6) is 0.300. The van der Waals surface area contributed by atoms with E-state index in [1.54, 1.807) is 0 Å². The topological polar surface area (TPSA) is 83.5 Å². The Morgan fingerprint density at radius 1 is 1.40 bits per heavy atom. The molecule has 4 N–H and O–H groups in total. The van der Waals surface area contributed by atoms with Crippen molar-refractivity contribution in [1.29, 1.82) is 0 Å². The van der Waals surface area contributed by atoms with Gasteiger partial charge in [0, 0.05) is 17.7 Å². The highest BCUT2D eigenvalue weighted by Gasteiger charge is 2.22. The molecule has 0 aromatic carbocycles. The number of aromatic nitrogens is 1. The van der Waals surface area contributed by atoms with Crippen molar-refractivity contribution in [3.8, 4) is 0 Å². The van der Waals surface area contributed by atoms with E-state index in [2.05, 4.69) is 15.5 Å². The highest BCUT2D eigenvalue weighted by Crippen LogP contribution is 2.23. The second-order valence-corrected chi connectivity index (χ2v) is 5.77. The van der Waals surface area contributed by atoms with Gasteiger partial charge in [-0.1, -0.05) is 31.5 Å². The van der Waals surface area contributed by atoms with Crippen LogP contribution in [0.4, 0.5) is 0 Å². The van der Waals surface area contributed by atoms with Gasteiger partial charge in [-0.2, -0.15) is 0 Å². The van der Waals surface area contributed by atoms with Gasteiger partial charge in [0.15, 0.2) is 0 Å². The first-order chi connectivity index (χ1) is 9.45. The third kappa shape index (κ3) is 5.57. The normalized spacial score (nSPS) is 12.7. The van der Waals surface area contributed by atoms with E-state index in [1.165, 1.54) is 0 Å². The molecule has 0 atom stereocenters.